The molecule has 0 radical (unpaired) electrons. The van der Waals surface area contributed by atoms with Crippen LogP contribution in [0.3, 0.4) is 0 Å². The Hall–Kier alpha value is -7.09. The lowest BCUT2D eigenvalue weighted by Gasteiger charge is -2.34. The van der Waals surface area contributed by atoms with Crippen LogP contribution >= 0.6 is 0 Å². The molecule has 19 nitrogen and oxygen atoms in total. The van der Waals surface area contributed by atoms with Gasteiger partial charge in [0.25, 0.3) is 5.56 Å². The second kappa shape index (κ2) is 20.2. The minimum atomic E-state index is -1.45. The van der Waals surface area contributed by atoms with E-state index < -0.39 is 89.6 Å². The lowest BCUT2D eigenvalue weighted by Crippen LogP contribution is -2.63. The Bertz CT molecular complexity index is 2540. The van der Waals surface area contributed by atoms with Crippen LogP contribution in [0.2, 0.25) is 0 Å². The van der Waals surface area contributed by atoms with Gasteiger partial charge in [0.2, 0.25) is 17.7 Å². The van der Waals surface area contributed by atoms with Crippen molar-refractivity contribution in [1.82, 2.24) is 40.7 Å². The summed E-state index contributed by atoms with van der Waals surface area (Å²) in [6, 6.07) is 18.1. The summed E-state index contributed by atoms with van der Waals surface area (Å²) in [6.07, 6.45) is -0.477. The molecular formula is C44H51N9O10. The smallest absolute Gasteiger partial charge is 0.330 e. The van der Waals surface area contributed by atoms with E-state index in [0.717, 1.165) is 32.7 Å². The SMILES string of the molecule is C[C@H](N)C(=O)N(C)[C@@H](C)[C@H](NC(=O)[C@H](Cc1ccc(-c2ccccc2)cc1)NC(=O)N[C@@H](Cc1c[nH]c2ccccc12)C(=O)O)C(=O)NC[C@H]1C[C@@H](O)[C@H](n2ccc(=O)[nH]c2=O)O1. The van der Waals surface area contributed by atoms with Crippen LogP contribution in [0.5, 0.6) is 0 Å². The van der Waals surface area contributed by atoms with Crippen molar-refractivity contribution in [3.8, 4) is 11.1 Å². The predicted molar refractivity (Wildman–Crippen MR) is 231 cm³/mol. The van der Waals surface area contributed by atoms with Gasteiger partial charge in [-0.25, -0.2) is 14.4 Å². The van der Waals surface area contributed by atoms with Crippen LogP contribution in [0, 0.1) is 0 Å². The summed E-state index contributed by atoms with van der Waals surface area (Å²) >= 11 is 0. The number of aromatic amines is 2. The fourth-order valence-corrected chi connectivity index (χ4v) is 7.46. The molecule has 8 atom stereocenters. The number of nitrogens with zero attached hydrogens (tertiary/aromatic N) is 2. The lowest BCUT2D eigenvalue weighted by molar-refractivity contribution is -0.139. The van der Waals surface area contributed by atoms with E-state index in [9.17, 15) is 43.8 Å². The van der Waals surface area contributed by atoms with Crippen molar-refractivity contribution in [2.24, 2.45) is 5.73 Å². The molecule has 1 saturated heterocycles. The topological polar surface area (TPSA) is 283 Å². The van der Waals surface area contributed by atoms with Crippen molar-refractivity contribution < 1.29 is 38.9 Å². The molecular weight excluding hydrogens is 815 g/mol. The Morgan fingerprint density at radius 2 is 1.54 bits per heavy atom. The molecule has 0 spiro atoms. The summed E-state index contributed by atoms with van der Waals surface area (Å²) in [6.45, 7) is 2.80. The van der Waals surface area contributed by atoms with Crippen LogP contribution in [-0.4, -0.2) is 115 Å². The van der Waals surface area contributed by atoms with Gasteiger partial charge in [0, 0.05) is 62.2 Å². The van der Waals surface area contributed by atoms with Crippen molar-refractivity contribution in [1.29, 1.82) is 0 Å². The van der Waals surface area contributed by atoms with Crippen LogP contribution in [-0.2, 0) is 36.8 Å². The summed E-state index contributed by atoms with van der Waals surface area (Å²) < 4.78 is 6.89. The third kappa shape index (κ3) is 11.2. The first kappa shape index (κ1) is 45.4. The maximum atomic E-state index is 14.4. The molecule has 6 rings (SSSR count). The number of aliphatic hydroxyl groups excluding tert-OH is 1. The molecule has 332 valence electrons. The Morgan fingerprint density at radius 1 is 0.873 bits per heavy atom. The molecule has 1 aliphatic rings. The quantitative estimate of drug-likeness (QED) is 0.0629. The van der Waals surface area contributed by atoms with Crippen molar-refractivity contribution in [2.75, 3.05) is 13.6 Å². The van der Waals surface area contributed by atoms with E-state index in [1.54, 1.807) is 18.3 Å². The van der Waals surface area contributed by atoms with Gasteiger partial charge in [-0.15, -0.1) is 0 Å². The number of H-pyrrole nitrogens is 2. The van der Waals surface area contributed by atoms with Gasteiger partial charge in [0.15, 0.2) is 6.23 Å². The fraction of sp³-hybridized carbons (Fsp3) is 0.341. The molecule has 63 heavy (non-hydrogen) atoms. The monoisotopic (exact) mass is 865 g/mol. The fourth-order valence-electron chi connectivity index (χ4n) is 7.46. The number of rotatable bonds is 17. The van der Waals surface area contributed by atoms with Gasteiger partial charge in [0.05, 0.1) is 18.2 Å². The Kier molecular flexibility index (Phi) is 14.6. The van der Waals surface area contributed by atoms with E-state index in [-0.39, 0.29) is 25.8 Å². The molecule has 2 aromatic heterocycles. The highest BCUT2D eigenvalue weighted by Gasteiger charge is 2.38. The highest BCUT2D eigenvalue weighted by molar-refractivity contribution is 5.94. The number of nitrogens with two attached hydrogens (primary N) is 1. The van der Waals surface area contributed by atoms with E-state index in [1.165, 1.54) is 32.0 Å². The number of amides is 5. The summed E-state index contributed by atoms with van der Waals surface area (Å²) in [5.74, 6) is -3.44. The molecule has 0 bridgehead atoms. The van der Waals surface area contributed by atoms with Gasteiger partial charge in [-0.1, -0.05) is 72.8 Å². The minimum Gasteiger partial charge on any atom is -0.480 e. The Labute approximate surface area is 361 Å². The highest BCUT2D eigenvalue weighted by Crippen LogP contribution is 2.27. The largest absolute Gasteiger partial charge is 0.480 e. The van der Waals surface area contributed by atoms with Gasteiger partial charge in [-0.05, 0) is 42.2 Å². The first-order valence-electron chi connectivity index (χ1n) is 20.3. The van der Waals surface area contributed by atoms with Crippen molar-refractivity contribution >= 4 is 40.6 Å². The molecule has 0 aliphatic carbocycles. The number of carbonyl (C=O) groups is 5. The standard InChI is InChI=1S/C44H51N9O10/c1-24(45)40(58)52(3)25(2)37(39(57)47-23-30-21-35(54)41(63-30)53-18-17-36(55)50-44(53)62)51-38(56)33(19-26-13-15-28(16-14-26)27-9-5-4-6-10-27)48-43(61)49-34(42(59)60)20-29-22-46-32-12-8-7-11-31(29)32/h4-18,22,24-25,30,33-35,37,41,46,54H,19-21,23,45H2,1-3H3,(H,47,57)(H,51,56)(H,59,60)(H2,48,49,61)(H,50,55,62)/t24-,25-,30+,33-,34-,35+,37-,41+/m0/s1. The zero-order chi connectivity index (χ0) is 45.4. The number of urea groups is 1. The summed E-state index contributed by atoms with van der Waals surface area (Å²) in [4.78, 5) is 98.0. The van der Waals surface area contributed by atoms with Gasteiger partial charge >= 0.3 is 17.7 Å². The van der Waals surface area contributed by atoms with Gasteiger partial charge in [0.1, 0.15) is 24.2 Å². The van der Waals surface area contributed by atoms with Crippen LogP contribution in [0.1, 0.15) is 37.6 Å². The van der Waals surface area contributed by atoms with Crippen molar-refractivity contribution in [3.63, 3.8) is 0 Å². The second-order valence-electron chi connectivity index (χ2n) is 15.6. The van der Waals surface area contributed by atoms with Crippen molar-refractivity contribution in [2.45, 2.75) is 81.8 Å². The minimum absolute atomic E-state index is 0.00597. The maximum absolute atomic E-state index is 14.4. The number of para-hydroxylation sites is 1. The number of carboxylic acid groups (broad SMARTS) is 1. The van der Waals surface area contributed by atoms with Gasteiger partial charge < -0.3 is 51.8 Å². The second-order valence-corrected chi connectivity index (χ2v) is 15.6. The number of carboxylic acids is 1. The molecule has 19 heteroatoms. The number of fused-ring (bicyclic) bond motifs is 1. The number of nitrogens with one attached hydrogen (secondary N) is 6. The third-order valence-corrected chi connectivity index (χ3v) is 11.0. The van der Waals surface area contributed by atoms with Crippen LogP contribution in [0.4, 0.5) is 4.79 Å². The first-order valence-corrected chi connectivity index (χ1v) is 20.3. The van der Waals surface area contributed by atoms with E-state index >= 15 is 0 Å². The van der Waals surface area contributed by atoms with E-state index in [2.05, 4.69) is 31.2 Å². The lowest BCUT2D eigenvalue weighted by atomic mass is 9.99. The van der Waals surface area contributed by atoms with Crippen LogP contribution < -0.4 is 38.2 Å². The molecule has 3 aromatic carbocycles. The number of hydrogen-bond acceptors (Lipinski definition) is 10. The normalized spacial score (nSPS) is 18.3. The van der Waals surface area contributed by atoms with Gasteiger partial charge in [-0.2, -0.15) is 0 Å². The van der Waals surface area contributed by atoms with E-state index in [0.29, 0.717) is 11.1 Å². The zero-order valence-electron chi connectivity index (χ0n) is 34.8. The number of aliphatic carboxylic acids is 1. The molecule has 3 heterocycles. The van der Waals surface area contributed by atoms with Gasteiger partial charge in [-0.3, -0.25) is 28.7 Å². The number of hydrogen-bond donors (Lipinski definition) is 9. The number of carbonyl (C=O) groups excluding carboxylic acids is 4. The number of benzene rings is 3. The zero-order valence-corrected chi connectivity index (χ0v) is 34.8. The predicted octanol–water partition coefficient (Wildman–Crippen LogP) is 0.735. The Morgan fingerprint density at radius 3 is 2.22 bits per heavy atom. The van der Waals surface area contributed by atoms with E-state index in [4.69, 9.17) is 10.5 Å². The van der Waals surface area contributed by atoms with Crippen LogP contribution in [0.15, 0.2) is 107 Å². The van der Waals surface area contributed by atoms with Crippen LogP contribution in [0.25, 0.3) is 22.0 Å². The first-order chi connectivity index (χ1) is 30.1. The molecule has 0 unspecified atom stereocenters. The summed E-state index contributed by atoms with van der Waals surface area (Å²) in [7, 11) is 1.42. The summed E-state index contributed by atoms with van der Waals surface area (Å²) in [5.41, 5.74) is 8.38. The Balaban J connectivity index is 1.22. The summed E-state index contributed by atoms with van der Waals surface area (Å²) in [5, 5.41) is 32.1. The molecule has 5 aromatic rings. The average Bonchev–Trinajstić information content (AvgIpc) is 3.85. The maximum Gasteiger partial charge on any atom is 0.330 e. The number of aromatic nitrogens is 3. The average molecular weight is 866 g/mol. The number of aliphatic hydroxyl groups is 1. The third-order valence-electron chi connectivity index (χ3n) is 11.0. The highest BCUT2D eigenvalue weighted by atomic mass is 16.5. The molecule has 1 aliphatic heterocycles. The number of ether oxygens (including phenoxy) is 1. The molecule has 5 amide bonds. The van der Waals surface area contributed by atoms with Crippen molar-refractivity contribution in [3.05, 3.63) is 129 Å². The molecule has 1 fully saturated rings. The molecule has 10 N–H and O–H groups in total. The number of likely N-dealkylation sites (N-methyl/N-ethyl adjacent to an activating group) is 1. The molecule has 0 saturated carbocycles. The van der Waals surface area contributed by atoms with E-state index in [1.807, 2.05) is 66.7 Å².